The second-order valence-electron chi connectivity index (χ2n) is 9.90. The van der Waals surface area contributed by atoms with Gasteiger partial charge in [0.25, 0.3) is 0 Å². The zero-order valence-electron chi connectivity index (χ0n) is 16.3. The van der Waals surface area contributed by atoms with Gasteiger partial charge in [0.2, 0.25) is 0 Å². The van der Waals surface area contributed by atoms with Crippen LogP contribution in [0.25, 0.3) is 0 Å². The summed E-state index contributed by atoms with van der Waals surface area (Å²) in [5.74, 6) is 0.936. The SMILES string of the molecule is CC(C)N1CCC2(CCN(CC3CCN(C(C)(C)C)CC3)C2)C1. The molecule has 0 aromatic heterocycles. The summed E-state index contributed by atoms with van der Waals surface area (Å²) in [6, 6.07) is 0.727. The third-order valence-electron chi connectivity index (χ3n) is 6.80. The normalized spacial score (nSPS) is 32.6. The summed E-state index contributed by atoms with van der Waals surface area (Å²) in [5, 5.41) is 0. The van der Waals surface area contributed by atoms with Crippen molar-refractivity contribution in [3.63, 3.8) is 0 Å². The summed E-state index contributed by atoms with van der Waals surface area (Å²) in [6.45, 7) is 21.2. The lowest BCUT2D eigenvalue weighted by atomic mass is 9.86. The lowest BCUT2D eigenvalue weighted by molar-refractivity contribution is 0.0758. The van der Waals surface area contributed by atoms with Crippen LogP contribution in [-0.2, 0) is 0 Å². The van der Waals surface area contributed by atoms with Gasteiger partial charge in [-0.3, -0.25) is 4.90 Å². The number of rotatable bonds is 3. The minimum Gasteiger partial charge on any atom is -0.302 e. The lowest BCUT2D eigenvalue weighted by Gasteiger charge is -2.41. The molecule has 0 radical (unpaired) electrons. The first kappa shape index (κ1) is 17.7. The van der Waals surface area contributed by atoms with Gasteiger partial charge in [-0.15, -0.1) is 0 Å². The van der Waals surface area contributed by atoms with E-state index in [0.717, 1.165) is 12.0 Å². The molecule has 0 amide bonds. The van der Waals surface area contributed by atoms with E-state index in [4.69, 9.17) is 0 Å². The van der Waals surface area contributed by atoms with Crippen LogP contribution in [0.5, 0.6) is 0 Å². The van der Waals surface area contributed by atoms with Crippen molar-refractivity contribution in [3.8, 4) is 0 Å². The number of hydrogen-bond acceptors (Lipinski definition) is 3. The number of hydrogen-bond donors (Lipinski definition) is 0. The van der Waals surface area contributed by atoms with E-state index in [9.17, 15) is 0 Å². The molecule has 3 fully saturated rings. The van der Waals surface area contributed by atoms with E-state index < -0.39 is 0 Å². The third-order valence-corrected chi connectivity index (χ3v) is 6.80. The highest BCUT2D eigenvalue weighted by Crippen LogP contribution is 2.40. The van der Waals surface area contributed by atoms with Crippen LogP contribution in [-0.4, -0.2) is 72.1 Å². The van der Waals surface area contributed by atoms with E-state index in [0.29, 0.717) is 11.0 Å². The maximum absolute atomic E-state index is 2.81. The van der Waals surface area contributed by atoms with Gasteiger partial charge >= 0.3 is 0 Å². The molecule has 23 heavy (non-hydrogen) atoms. The quantitative estimate of drug-likeness (QED) is 0.790. The van der Waals surface area contributed by atoms with Gasteiger partial charge in [-0.1, -0.05) is 0 Å². The maximum atomic E-state index is 2.81. The van der Waals surface area contributed by atoms with Crippen molar-refractivity contribution < 1.29 is 0 Å². The second-order valence-corrected chi connectivity index (χ2v) is 9.90. The van der Waals surface area contributed by atoms with Gasteiger partial charge in [0.05, 0.1) is 0 Å². The molecule has 1 spiro atoms. The van der Waals surface area contributed by atoms with Crippen LogP contribution in [0.4, 0.5) is 0 Å². The summed E-state index contributed by atoms with van der Waals surface area (Å²) >= 11 is 0. The fourth-order valence-corrected chi connectivity index (χ4v) is 5.08. The summed E-state index contributed by atoms with van der Waals surface area (Å²) < 4.78 is 0. The molecule has 3 aliphatic heterocycles. The molecular weight excluding hydrogens is 282 g/mol. The minimum absolute atomic E-state index is 0.354. The van der Waals surface area contributed by atoms with Crippen molar-refractivity contribution in [2.24, 2.45) is 11.3 Å². The Bertz CT molecular complexity index is 392. The molecular formula is C20H39N3. The van der Waals surface area contributed by atoms with Crippen molar-refractivity contribution in [1.29, 1.82) is 0 Å². The van der Waals surface area contributed by atoms with Gasteiger partial charge in [-0.05, 0) is 97.8 Å². The van der Waals surface area contributed by atoms with Gasteiger partial charge in [0.1, 0.15) is 0 Å². The van der Waals surface area contributed by atoms with Crippen LogP contribution >= 0.6 is 0 Å². The van der Waals surface area contributed by atoms with Gasteiger partial charge in [0, 0.05) is 31.2 Å². The first-order valence-corrected chi connectivity index (χ1v) is 9.99. The highest BCUT2D eigenvalue weighted by atomic mass is 15.2. The second kappa shape index (κ2) is 6.65. The van der Waals surface area contributed by atoms with Crippen molar-refractivity contribution in [2.45, 2.75) is 71.9 Å². The average molecular weight is 322 g/mol. The van der Waals surface area contributed by atoms with Gasteiger partial charge < -0.3 is 9.80 Å². The van der Waals surface area contributed by atoms with Crippen LogP contribution in [0.3, 0.4) is 0 Å². The molecule has 0 aliphatic carbocycles. The Balaban J connectivity index is 1.45. The Hall–Kier alpha value is -0.120. The van der Waals surface area contributed by atoms with E-state index in [2.05, 4.69) is 49.3 Å². The van der Waals surface area contributed by atoms with Crippen LogP contribution in [0.1, 0.15) is 60.3 Å². The molecule has 134 valence electrons. The standard InChI is InChI=1S/C20H39N3/c1-17(2)22-13-9-20(16-22)8-12-21(15-20)14-18-6-10-23(11-7-18)19(3,4)5/h17-18H,6-16H2,1-5H3. The van der Waals surface area contributed by atoms with E-state index in [1.165, 1.54) is 71.5 Å². The van der Waals surface area contributed by atoms with Crippen LogP contribution in [0, 0.1) is 11.3 Å². The molecule has 0 aromatic carbocycles. The Labute approximate surface area is 144 Å². The molecule has 3 heteroatoms. The fraction of sp³-hybridized carbons (Fsp3) is 1.00. The molecule has 1 unspecified atom stereocenters. The van der Waals surface area contributed by atoms with E-state index in [1.807, 2.05) is 0 Å². The van der Waals surface area contributed by atoms with Crippen LogP contribution < -0.4 is 0 Å². The molecule has 3 nitrogen and oxygen atoms in total. The molecule has 0 aromatic rings. The molecule has 0 saturated carbocycles. The van der Waals surface area contributed by atoms with Crippen LogP contribution in [0.15, 0.2) is 0 Å². The number of nitrogens with zero attached hydrogens (tertiary/aromatic N) is 3. The van der Waals surface area contributed by atoms with Crippen molar-refractivity contribution in [3.05, 3.63) is 0 Å². The number of piperidine rings is 1. The van der Waals surface area contributed by atoms with Gasteiger partial charge in [0.15, 0.2) is 0 Å². The molecule has 3 heterocycles. The zero-order valence-corrected chi connectivity index (χ0v) is 16.3. The summed E-state index contributed by atoms with van der Waals surface area (Å²) in [5.41, 5.74) is 0.989. The van der Waals surface area contributed by atoms with Crippen LogP contribution in [0.2, 0.25) is 0 Å². The predicted octanol–water partition coefficient (Wildman–Crippen LogP) is 3.30. The highest BCUT2D eigenvalue weighted by Gasteiger charge is 2.44. The van der Waals surface area contributed by atoms with Crippen molar-refractivity contribution in [1.82, 2.24) is 14.7 Å². The first-order valence-electron chi connectivity index (χ1n) is 9.99. The Kier molecular flexibility index (Phi) is 5.11. The monoisotopic (exact) mass is 321 g/mol. The maximum Gasteiger partial charge on any atom is 0.0125 e. The molecule has 3 saturated heterocycles. The molecule has 1 atom stereocenters. The molecule has 0 bridgehead atoms. The minimum atomic E-state index is 0.354. The number of likely N-dealkylation sites (tertiary alicyclic amines) is 3. The largest absolute Gasteiger partial charge is 0.302 e. The van der Waals surface area contributed by atoms with Crippen molar-refractivity contribution >= 4 is 0 Å². The summed E-state index contributed by atoms with van der Waals surface area (Å²) in [6.07, 6.45) is 5.68. The Morgan fingerprint density at radius 2 is 1.61 bits per heavy atom. The lowest BCUT2D eigenvalue weighted by Crippen LogP contribution is -2.47. The fourth-order valence-electron chi connectivity index (χ4n) is 5.08. The van der Waals surface area contributed by atoms with Gasteiger partial charge in [-0.2, -0.15) is 0 Å². The molecule has 3 rings (SSSR count). The van der Waals surface area contributed by atoms with E-state index in [-0.39, 0.29) is 0 Å². The molecule has 3 aliphatic rings. The summed E-state index contributed by atoms with van der Waals surface area (Å²) in [7, 11) is 0. The summed E-state index contributed by atoms with van der Waals surface area (Å²) in [4.78, 5) is 8.18. The Morgan fingerprint density at radius 1 is 0.957 bits per heavy atom. The van der Waals surface area contributed by atoms with Crippen molar-refractivity contribution in [2.75, 3.05) is 45.8 Å². The predicted molar refractivity (Wildman–Crippen MR) is 98.9 cm³/mol. The van der Waals surface area contributed by atoms with E-state index in [1.54, 1.807) is 0 Å². The first-order chi connectivity index (χ1) is 10.8. The third kappa shape index (κ3) is 4.11. The molecule has 0 N–H and O–H groups in total. The smallest absolute Gasteiger partial charge is 0.0125 e. The van der Waals surface area contributed by atoms with E-state index >= 15 is 0 Å². The van der Waals surface area contributed by atoms with Gasteiger partial charge in [-0.25, -0.2) is 0 Å². The zero-order chi connectivity index (χ0) is 16.7. The topological polar surface area (TPSA) is 9.72 Å². The average Bonchev–Trinajstić information content (AvgIpc) is 3.06. The highest BCUT2D eigenvalue weighted by molar-refractivity contribution is 4.98. The Morgan fingerprint density at radius 3 is 2.17 bits per heavy atom.